The summed E-state index contributed by atoms with van der Waals surface area (Å²) in [4.78, 5) is 51.4. The number of phenolic OH excluding ortho intramolecular Hbond substituents is 1. The molecule has 0 bridgehead atoms. The molecule has 2 aromatic rings. The lowest BCUT2D eigenvalue weighted by molar-refractivity contribution is -0.142. The smallest absolute Gasteiger partial charge is 0.326 e. The number of hydrogen-bond donors (Lipinski definition) is 7. The van der Waals surface area contributed by atoms with Gasteiger partial charge in [0.15, 0.2) is 0 Å². The Morgan fingerprint density at radius 1 is 0.750 bits per heavy atom. The number of carboxylic acid groups (broad SMARTS) is 1. The van der Waals surface area contributed by atoms with E-state index in [1.54, 1.807) is 50.2 Å². The lowest BCUT2D eigenvalue weighted by atomic mass is 10.0. The van der Waals surface area contributed by atoms with Gasteiger partial charge in [0.2, 0.25) is 17.7 Å². The van der Waals surface area contributed by atoms with E-state index in [2.05, 4.69) is 16.0 Å². The van der Waals surface area contributed by atoms with Gasteiger partial charge in [0.25, 0.3) is 0 Å². The van der Waals surface area contributed by atoms with Crippen molar-refractivity contribution in [3.8, 4) is 5.75 Å². The average molecular weight is 556 g/mol. The lowest BCUT2D eigenvalue weighted by Crippen LogP contribution is -2.58. The highest BCUT2D eigenvalue weighted by molar-refractivity contribution is 5.94. The number of carboxylic acids is 1. The van der Waals surface area contributed by atoms with Gasteiger partial charge in [-0.1, -0.05) is 56.3 Å². The van der Waals surface area contributed by atoms with Crippen molar-refractivity contribution in [1.82, 2.24) is 16.0 Å². The Kier molecular flexibility index (Phi) is 13.1. The molecule has 0 heterocycles. The molecule has 11 heteroatoms. The Morgan fingerprint density at radius 3 is 1.85 bits per heavy atom. The number of aliphatic carboxylic acids is 1. The van der Waals surface area contributed by atoms with E-state index >= 15 is 0 Å². The number of carbonyl (C=O) groups is 4. The number of rotatable bonds is 16. The number of nitrogens with one attached hydrogen (secondary N) is 3. The fourth-order valence-electron chi connectivity index (χ4n) is 4.00. The number of aromatic hydroxyl groups is 1. The molecule has 9 N–H and O–H groups in total. The summed E-state index contributed by atoms with van der Waals surface area (Å²) < 4.78 is 0. The Morgan fingerprint density at radius 2 is 1.27 bits per heavy atom. The van der Waals surface area contributed by atoms with Crippen LogP contribution in [0.4, 0.5) is 0 Å². The average Bonchev–Trinajstić information content (AvgIpc) is 2.92. The predicted octanol–water partition coefficient (Wildman–Crippen LogP) is 0.829. The number of carbonyl (C=O) groups excluding carboxylic acids is 3. The summed E-state index contributed by atoms with van der Waals surface area (Å²) in [7, 11) is 0. The van der Waals surface area contributed by atoms with Crippen LogP contribution < -0.4 is 27.4 Å². The second-order valence-electron chi connectivity index (χ2n) is 10.1. The van der Waals surface area contributed by atoms with Gasteiger partial charge in [-0.3, -0.25) is 14.4 Å². The Labute approximate surface area is 234 Å². The third-order valence-electron chi connectivity index (χ3n) is 6.51. The van der Waals surface area contributed by atoms with Crippen molar-refractivity contribution >= 4 is 23.7 Å². The topological polar surface area (TPSA) is 197 Å². The molecule has 4 atom stereocenters. The Bertz CT molecular complexity index is 1110. The van der Waals surface area contributed by atoms with Gasteiger partial charge >= 0.3 is 5.97 Å². The monoisotopic (exact) mass is 555 g/mol. The fourth-order valence-corrected chi connectivity index (χ4v) is 4.00. The quantitative estimate of drug-likeness (QED) is 0.148. The summed E-state index contributed by atoms with van der Waals surface area (Å²) in [6.07, 6.45) is 1.48. The van der Waals surface area contributed by atoms with Gasteiger partial charge in [0.05, 0.1) is 6.04 Å². The van der Waals surface area contributed by atoms with Gasteiger partial charge < -0.3 is 37.6 Å². The van der Waals surface area contributed by atoms with E-state index in [0.717, 1.165) is 5.56 Å². The molecule has 0 aromatic heterocycles. The molecule has 0 fully saturated rings. The molecule has 3 amide bonds. The van der Waals surface area contributed by atoms with Crippen LogP contribution in [0.25, 0.3) is 0 Å². The molecule has 4 unspecified atom stereocenters. The molecule has 0 aliphatic carbocycles. The van der Waals surface area contributed by atoms with Crippen LogP contribution in [-0.2, 0) is 32.0 Å². The minimum absolute atomic E-state index is 0.0516. The van der Waals surface area contributed by atoms with E-state index < -0.39 is 47.9 Å². The van der Waals surface area contributed by atoms with Gasteiger partial charge in [-0.2, -0.15) is 0 Å². The van der Waals surface area contributed by atoms with Gasteiger partial charge in [-0.25, -0.2) is 4.79 Å². The van der Waals surface area contributed by atoms with Crippen molar-refractivity contribution in [3.05, 3.63) is 65.7 Å². The zero-order chi connectivity index (χ0) is 29.7. The number of nitrogens with two attached hydrogens (primary N) is 2. The Hall–Kier alpha value is -3.96. The van der Waals surface area contributed by atoms with Gasteiger partial charge in [0, 0.05) is 12.8 Å². The standard InChI is InChI=1S/C29H41N5O6/c1-18(2)25(31)28(38)33-23(16-20-11-13-21(35)14-12-20)27(37)32-22(10-6-7-15-30)26(36)34-24(29(39)40)17-19-8-4-3-5-9-19/h3-5,8-9,11-14,18,22-25,35H,6-7,10,15-17,30-31H2,1-2H3,(H,32,37)(H,33,38)(H,34,36)(H,39,40). The summed E-state index contributed by atoms with van der Waals surface area (Å²) in [6.45, 7) is 3.96. The molecule has 0 saturated heterocycles. The second-order valence-corrected chi connectivity index (χ2v) is 10.1. The van der Waals surface area contributed by atoms with Crippen molar-refractivity contribution < 1.29 is 29.4 Å². The molecule has 0 radical (unpaired) electrons. The van der Waals surface area contributed by atoms with Crippen molar-refractivity contribution in [3.63, 3.8) is 0 Å². The molecule has 2 rings (SSSR count). The van der Waals surface area contributed by atoms with Crippen LogP contribution in [-0.4, -0.2) is 64.6 Å². The molecule has 0 aliphatic rings. The van der Waals surface area contributed by atoms with Gasteiger partial charge in [0.1, 0.15) is 23.9 Å². The second kappa shape index (κ2) is 16.2. The molecule has 2 aromatic carbocycles. The number of amides is 3. The van der Waals surface area contributed by atoms with E-state index in [-0.39, 0.29) is 30.9 Å². The van der Waals surface area contributed by atoms with Crippen LogP contribution in [0, 0.1) is 5.92 Å². The summed E-state index contributed by atoms with van der Waals surface area (Å²) in [5.41, 5.74) is 13.0. The van der Waals surface area contributed by atoms with Crippen LogP contribution >= 0.6 is 0 Å². The van der Waals surface area contributed by atoms with E-state index in [4.69, 9.17) is 11.5 Å². The van der Waals surface area contributed by atoms with Crippen LogP contribution in [0.3, 0.4) is 0 Å². The number of benzene rings is 2. The van der Waals surface area contributed by atoms with Crippen molar-refractivity contribution in [1.29, 1.82) is 0 Å². The SMILES string of the molecule is CC(C)C(N)C(=O)NC(Cc1ccc(O)cc1)C(=O)NC(CCCCN)C(=O)NC(Cc1ccccc1)C(=O)O. The maximum absolute atomic E-state index is 13.5. The summed E-state index contributed by atoms with van der Waals surface area (Å²) in [6, 6.07) is 10.9. The van der Waals surface area contributed by atoms with Crippen molar-refractivity contribution in [2.75, 3.05) is 6.54 Å². The van der Waals surface area contributed by atoms with E-state index in [1.165, 1.54) is 12.1 Å². The first-order valence-electron chi connectivity index (χ1n) is 13.4. The first kappa shape index (κ1) is 32.3. The first-order chi connectivity index (χ1) is 19.0. The van der Waals surface area contributed by atoms with E-state index in [0.29, 0.717) is 24.9 Å². The highest BCUT2D eigenvalue weighted by atomic mass is 16.4. The lowest BCUT2D eigenvalue weighted by Gasteiger charge is -2.26. The third-order valence-corrected chi connectivity index (χ3v) is 6.51. The van der Waals surface area contributed by atoms with Crippen LogP contribution in [0.2, 0.25) is 0 Å². The van der Waals surface area contributed by atoms with E-state index in [9.17, 15) is 29.4 Å². The van der Waals surface area contributed by atoms with Crippen molar-refractivity contribution in [2.24, 2.45) is 17.4 Å². The summed E-state index contributed by atoms with van der Waals surface area (Å²) in [5, 5.41) is 27.3. The number of unbranched alkanes of at least 4 members (excludes halogenated alkanes) is 1. The zero-order valence-electron chi connectivity index (χ0n) is 23.0. The molecule has 0 spiro atoms. The first-order valence-corrected chi connectivity index (χ1v) is 13.4. The third kappa shape index (κ3) is 10.7. The molecular formula is C29H41N5O6. The van der Waals surface area contributed by atoms with Crippen LogP contribution in [0.1, 0.15) is 44.2 Å². The molecule has 11 nitrogen and oxygen atoms in total. The predicted molar refractivity (Wildman–Crippen MR) is 151 cm³/mol. The Balaban J connectivity index is 2.24. The van der Waals surface area contributed by atoms with Gasteiger partial charge in [-0.05, 0) is 55.0 Å². The molecular weight excluding hydrogens is 514 g/mol. The highest BCUT2D eigenvalue weighted by Gasteiger charge is 2.31. The summed E-state index contributed by atoms with van der Waals surface area (Å²) in [5.74, 6) is -3.13. The minimum atomic E-state index is -1.21. The number of phenols is 1. The normalized spacial score (nSPS) is 14.0. The zero-order valence-corrected chi connectivity index (χ0v) is 23.0. The summed E-state index contributed by atoms with van der Waals surface area (Å²) >= 11 is 0. The highest BCUT2D eigenvalue weighted by Crippen LogP contribution is 2.13. The molecule has 218 valence electrons. The van der Waals surface area contributed by atoms with Crippen molar-refractivity contribution in [2.45, 2.75) is 70.1 Å². The van der Waals surface area contributed by atoms with Crippen LogP contribution in [0.15, 0.2) is 54.6 Å². The maximum Gasteiger partial charge on any atom is 0.326 e. The minimum Gasteiger partial charge on any atom is -0.508 e. The molecule has 40 heavy (non-hydrogen) atoms. The van der Waals surface area contributed by atoms with E-state index in [1.807, 2.05) is 6.07 Å². The fraction of sp³-hybridized carbons (Fsp3) is 0.448. The van der Waals surface area contributed by atoms with Gasteiger partial charge in [-0.15, -0.1) is 0 Å². The largest absolute Gasteiger partial charge is 0.508 e. The van der Waals surface area contributed by atoms with Crippen LogP contribution in [0.5, 0.6) is 5.75 Å². The maximum atomic E-state index is 13.5. The number of hydrogen-bond acceptors (Lipinski definition) is 7. The molecule has 0 saturated carbocycles. The molecule has 0 aliphatic heterocycles.